The highest BCUT2D eigenvalue weighted by Gasteiger charge is 2.05. The maximum absolute atomic E-state index is 10.4. The van der Waals surface area contributed by atoms with Crippen molar-refractivity contribution in [2.24, 2.45) is 0 Å². The summed E-state index contributed by atoms with van der Waals surface area (Å²) in [6.45, 7) is 0. The maximum atomic E-state index is 10.4. The summed E-state index contributed by atoms with van der Waals surface area (Å²) >= 11 is 5.78. The van der Waals surface area contributed by atoms with E-state index in [1.807, 2.05) is 12.1 Å². The topological polar surface area (TPSA) is 68.0 Å². The van der Waals surface area contributed by atoms with Crippen LogP contribution in [0.3, 0.4) is 0 Å². The van der Waals surface area contributed by atoms with Gasteiger partial charge in [-0.15, -0.1) is 5.10 Å². The van der Waals surface area contributed by atoms with Gasteiger partial charge in [0.1, 0.15) is 0 Å². The molecule has 2 rings (SSSR count). The molecule has 0 saturated carbocycles. The smallest absolute Gasteiger partial charge is 0.303 e. The summed E-state index contributed by atoms with van der Waals surface area (Å²) in [4.78, 5) is 10.4. The van der Waals surface area contributed by atoms with E-state index in [2.05, 4.69) is 10.3 Å². The van der Waals surface area contributed by atoms with Gasteiger partial charge < -0.3 is 5.11 Å². The van der Waals surface area contributed by atoms with Crippen LogP contribution >= 0.6 is 11.6 Å². The quantitative estimate of drug-likeness (QED) is 0.902. The first kappa shape index (κ1) is 11.6. The normalized spacial score (nSPS) is 10.4. The van der Waals surface area contributed by atoms with Crippen molar-refractivity contribution in [3.05, 3.63) is 41.2 Å². The summed E-state index contributed by atoms with van der Waals surface area (Å²) in [5.74, 6) is -0.842. The van der Waals surface area contributed by atoms with Crippen molar-refractivity contribution in [2.75, 3.05) is 0 Å². The van der Waals surface area contributed by atoms with Crippen molar-refractivity contribution in [1.82, 2.24) is 15.0 Å². The maximum Gasteiger partial charge on any atom is 0.303 e. The van der Waals surface area contributed by atoms with Crippen LogP contribution in [-0.2, 0) is 11.2 Å². The van der Waals surface area contributed by atoms with Crippen LogP contribution in [0.2, 0.25) is 5.02 Å². The Bertz CT molecular complexity index is 522. The summed E-state index contributed by atoms with van der Waals surface area (Å²) in [7, 11) is 0. The number of carboxylic acids is 1. The highest BCUT2D eigenvalue weighted by atomic mass is 35.5. The third-order valence-electron chi connectivity index (χ3n) is 2.23. The van der Waals surface area contributed by atoms with E-state index in [1.165, 1.54) is 0 Å². The summed E-state index contributed by atoms with van der Waals surface area (Å²) in [6, 6.07) is 7.15. The average molecular weight is 252 g/mol. The van der Waals surface area contributed by atoms with Gasteiger partial charge in [0, 0.05) is 11.4 Å². The van der Waals surface area contributed by atoms with Gasteiger partial charge in [-0.3, -0.25) is 4.79 Å². The fraction of sp³-hybridized carbons (Fsp3) is 0.182. The van der Waals surface area contributed by atoms with E-state index in [0.29, 0.717) is 17.1 Å². The molecule has 0 aliphatic rings. The van der Waals surface area contributed by atoms with Gasteiger partial charge in [-0.2, -0.15) is 0 Å². The minimum Gasteiger partial charge on any atom is -0.481 e. The molecule has 0 amide bonds. The van der Waals surface area contributed by atoms with Crippen LogP contribution in [0.5, 0.6) is 0 Å². The Kier molecular flexibility index (Phi) is 3.39. The predicted octanol–water partition coefficient (Wildman–Crippen LogP) is 1.94. The van der Waals surface area contributed by atoms with Gasteiger partial charge in [0.25, 0.3) is 0 Å². The van der Waals surface area contributed by atoms with Crippen LogP contribution in [0.4, 0.5) is 0 Å². The number of hydrogen-bond acceptors (Lipinski definition) is 3. The molecule has 2 aromatic rings. The molecule has 88 valence electrons. The lowest BCUT2D eigenvalue weighted by molar-refractivity contribution is -0.136. The second kappa shape index (κ2) is 4.97. The molecule has 1 N–H and O–H groups in total. The van der Waals surface area contributed by atoms with E-state index in [0.717, 1.165) is 5.69 Å². The van der Waals surface area contributed by atoms with Gasteiger partial charge in [-0.1, -0.05) is 16.8 Å². The number of hydrogen-bond donors (Lipinski definition) is 1. The molecule has 0 atom stereocenters. The van der Waals surface area contributed by atoms with Crippen LogP contribution in [0.25, 0.3) is 5.69 Å². The van der Waals surface area contributed by atoms with E-state index >= 15 is 0 Å². The fourth-order valence-corrected chi connectivity index (χ4v) is 1.49. The van der Waals surface area contributed by atoms with Gasteiger partial charge in [-0.25, -0.2) is 4.68 Å². The molecule has 0 radical (unpaired) electrons. The summed E-state index contributed by atoms with van der Waals surface area (Å²) in [5, 5.41) is 17.0. The van der Waals surface area contributed by atoms with Crippen molar-refractivity contribution in [3.8, 4) is 5.69 Å². The number of aromatic nitrogens is 3. The predicted molar refractivity (Wildman–Crippen MR) is 62.3 cm³/mol. The molecule has 0 aliphatic carbocycles. The average Bonchev–Trinajstić information content (AvgIpc) is 2.76. The zero-order chi connectivity index (χ0) is 12.3. The van der Waals surface area contributed by atoms with E-state index in [1.54, 1.807) is 23.0 Å². The van der Waals surface area contributed by atoms with Crippen LogP contribution in [0, 0.1) is 0 Å². The lowest BCUT2D eigenvalue weighted by Crippen LogP contribution is -1.97. The van der Waals surface area contributed by atoms with Gasteiger partial charge >= 0.3 is 5.97 Å². The van der Waals surface area contributed by atoms with E-state index in [4.69, 9.17) is 16.7 Å². The van der Waals surface area contributed by atoms with Crippen molar-refractivity contribution >= 4 is 17.6 Å². The Morgan fingerprint density at radius 3 is 2.71 bits per heavy atom. The number of aliphatic carboxylic acids is 1. The number of carboxylic acid groups (broad SMARTS) is 1. The van der Waals surface area contributed by atoms with Gasteiger partial charge in [0.15, 0.2) is 0 Å². The van der Waals surface area contributed by atoms with Crippen LogP contribution in [-0.4, -0.2) is 26.1 Å². The molecule has 1 aromatic heterocycles. The minimum atomic E-state index is -0.842. The number of aryl methyl sites for hydroxylation is 1. The SMILES string of the molecule is O=C(O)CCc1cn(-c2ccc(Cl)cc2)nn1. The number of benzene rings is 1. The number of carbonyl (C=O) groups is 1. The molecule has 0 spiro atoms. The molecular weight excluding hydrogens is 242 g/mol. The second-order valence-electron chi connectivity index (χ2n) is 3.52. The lowest BCUT2D eigenvalue weighted by atomic mass is 10.2. The molecule has 0 bridgehead atoms. The van der Waals surface area contributed by atoms with Crippen LogP contribution in [0.15, 0.2) is 30.5 Å². The number of rotatable bonds is 4. The zero-order valence-corrected chi connectivity index (χ0v) is 9.63. The van der Waals surface area contributed by atoms with Crippen molar-refractivity contribution in [1.29, 1.82) is 0 Å². The molecular formula is C11H10ClN3O2. The van der Waals surface area contributed by atoms with E-state index < -0.39 is 5.97 Å². The molecule has 6 heteroatoms. The van der Waals surface area contributed by atoms with Crippen molar-refractivity contribution in [2.45, 2.75) is 12.8 Å². The highest BCUT2D eigenvalue weighted by molar-refractivity contribution is 6.30. The highest BCUT2D eigenvalue weighted by Crippen LogP contribution is 2.12. The molecule has 1 aromatic carbocycles. The molecule has 17 heavy (non-hydrogen) atoms. The van der Waals surface area contributed by atoms with Gasteiger partial charge in [-0.05, 0) is 24.3 Å². The zero-order valence-electron chi connectivity index (χ0n) is 8.88. The first-order chi connectivity index (χ1) is 8.15. The third-order valence-corrected chi connectivity index (χ3v) is 2.48. The van der Waals surface area contributed by atoms with Crippen LogP contribution in [0.1, 0.15) is 12.1 Å². The summed E-state index contributed by atoms with van der Waals surface area (Å²) in [6.07, 6.45) is 2.15. The first-order valence-corrected chi connectivity index (χ1v) is 5.42. The first-order valence-electron chi connectivity index (χ1n) is 5.04. The number of halogens is 1. The Labute approximate surface area is 103 Å². The number of nitrogens with zero attached hydrogens (tertiary/aromatic N) is 3. The Hall–Kier alpha value is -1.88. The lowest BCUT2D eigenvalue weighted by Gasteiger charge is -1.98. The van der Waals surface area contributed by atoms with Gasteiger partial charge in [0.2, 0.25) is 0 Å². The molecule has 0 saturated heterocycles. The minimum absolute atomic E-state index is 0.0549. The molecule has 5 nitrogen and oxygen atoms in total. The van der Waals surface area contributed by atoms with E-state index in [-0.39, 0.29) is 6.42 Å². The monoisotopic (exact) mass is 251 g/mol. The van der Waals surface area contributed by atoms with Crippen molar-refractivity contribution < 1.29 is 9.90 Å². The molecule has 1 heterocycles. The Balaban J connectivity index is 2.12. The molecule has 0 aliphatic heterocycles. The molecule has 0 fully saturated rings. The van der Waals surface area contributed by atoms with Crippen molar-refractivity contribution in [3.63, 3.8) is 0 Å². The Morgan fingerprint density at radius 2 is 2.06 bits per heavy atom. The van der Waals surface area contributed by atoms with Gasteiger partial charge in [0.05, 0.1) is 24.0 Å². The fourth-order valence-electron chi connectivity index (χ4n) is 1.37. The van der Waals surface area contributed by atoms with E-state index in [9.17, 15) is 4.79 Å². The second-order valence-corrected chi connectivity index (χ2v) is 3.96. The molecule has 0 unspecified atom stereocenters. The largest absolute Gasteiger partial charge is 0.481 e. The summed E-state index contributed by atoms with van der Waals surface area (Å²) in [5.41, 5.74) is 1.49. The summed E-state index contributed by atoms with van der Waals surface area (Å²) < 4.78 is 1.59. The standard InChI is InChI=1S/C11H10ClN3O2/c12-8-1-4-10(5-2-8)15-7-9(13-14-15)3-6-11(16)17/h1-2,4-5,7H,3,6H2,(H,16,17). The third kappa shape index (κ3) is 3.04. The van der Waals surface area contributed by atoms with Crippen LogP contribution < -0.4 is 0 Å². The Morgan fingerprint density at radius 1 is 1.35 bits per heavy atom.